The Morgan fingerprint density at radius 3 is 2.78 bits per heavy atom. The van der Waals surface area contributed by atoms with Crippen LogP contribution >= 0.6 is 0 Å². The minimum absolute atomic E-state index is 0.183. The molecule has 2 heterocycles. The first-order valence-corrected chi connectivity index (χ1v) is 7.38. The van der Waals surface area contributed by atoms with Gasteiger partial charge in [-0.3, -0.25) is 0 Å². The third-order valence-electron chi connectivity index (χ3n) is 3.31. The van der Waals surface area contributed by atoms with Crippen molar-refractivity contribution in [3.8, 4) is 0 Å². The van der Waals surface area contributed by atoms with Crippen LogP contribution < -0.4 is 10.6 Å². The maximum absolute atomic E-state index is 13.5. The van der Waals surface area contributed by atoms with Crippen molar-refractivity contribution in [1.82, 2.24) is 9.97 Å². The molecule has 0 spiro atoms. The Balaban J connectivity index is 1.52. The second-order valence-electron chi connectivity index (χ2n) is 4.97. The summed E-state index contributed by atoms with van der Waals surface area (Å²) in [4.78, 5) is 8.51. The molecule has 0 saturated heterocycles. The summed E-state index contributed by atoms with van der Waals surface area (Å²) < 4.78 is 18.8. The molecule has 2 N–H and O–H groups in total. The molecule has 0 bridgehead atoms. The largest absolute Gasteiger partial charge is 0.467 e. The fourth-order valence-corrected chi connectivity index (χ4v) is 2.15. The number of hydrogen-bond acceptors (Lipinski definition) is 5. The summed E-state index contributed by atoms with van der Waals surface area (Å²) in [5.41, 5.74) is 0.685. The maximum Gasteiger partial charge on any atom is 0.224 e. The number of anilines is 2. The summed E-state index contributed by atoms with van der Waals surface area (Å²) in [6.07, 6.45) is 3.88. The molecule has 3 aromatic rings. The van der Waals surface area contributed by atoms with E-state index in [2.05, 4.69) is 20.6 Å². The van der Waals surface area contributed by atoms with Crippen molar-refractivity contribution in [1.29, 1.82) is 0 Å². The molecule has 0 saturated carbocycles. The van der Waals surface area contributed by atoms with Crippen LogP contribution in [0.3, 0.4) is 0 Å². The molecule has 0 aliphatic heterocycles. The number of hydrogen-bond donors (Lipinski definition) is 2. The molecule has 0 unspecified atom stereocenters. The van der Waals surface area contributed by atoms with Gasteiger partial charge in [-0.25, -0.2) is 9.37 Å². The zero-order chi connectivity index (χ0) is 15.9. The highest BCUT2D eigenvalue weighted by molar-refractivity contribution is 5.39. The highest BCUT2D eigenvalue weighted by Crippen LogP contribution is 2.10. The fourth-order valence-electron chi connectivity index (χ4n) is 2.15. The van der Waals surface area contributed by atoms with E-state index in [1.807, 2.05) is 18.2 Å². The van der Waals surface area contributed by atoms with Gasteiger partial charge in [-0.05, 0) is 36.2 Å². The molecule has 3 rings (SSSR count). The van der Waals surface area contributed by atoms with Gasteiger partial charge in [0.05, 0.1) is 12.8 Å². The van der Waals surface area contributed by atoms with Gasteiger partial charge in [-0.15, -0.1) is 0 Å². The monoisotopic (exact) mass is 312 g/mol. The van der Waals surface area contributed by atoms with Crippen molar-refractivity contribution in [3.05, 3.63) is 72.1 Å². The summed E-state index contributed by atoms with van der Waals surface area (Å²) in [5, 5.41) is 6.26. The molecule has 1 aromatic carbocycles. The van der Waals surface area contributed by atoms with Gasteiger partial charge in [0.2, 0.25) is 5.95 Å². The average molecular weight is 312 g/mol. The Morgan fingerprint density at radius 1 is 1.04 bits per heavy atom. The number of aromatic nitrogens is 2. The number of furan rings is 1. The molecular formula is C17H17FN4O. The van der Waals surface area contributed by atoms with Crippen LogP contribution in [0.15, 0.2) is 59.3 Å². The standard InChI is InChI=1S/C17H17FN4O/c18-15-6-2-1-4-13(15)7-9-19-16-8-10-20-17(22-16)21-12-14-5-3-11-23-14/h1-6,8,10-11H,7,9,12H2,(H2,19,20,21,22). The number of rotatable bonds is 7. The van der Waals surface area contributed by atoms with Crippen molar-refractivity contribution in [3.63, 3.8) is 0 Å². The van der Waals surface area contributed by atoms with Crippen LogP contribution in [-0.4, -0.2) is 16.5 Å². The van der Waals surface area contributed by atoms with Gasteiger partial charge in [-0.2, -0.15) is 4.98 Å². The molecule has 6 heteroatoms. The van der Waals surface area contributed by atoms with Crippen molar-refractivity contribution in [2.75, 3.05) is 17.2 Å². The van der Waals surface area contributed by atoms with E-state index in [4.69, 9.17) is 4.42 Å². The first-order chi connectivity index (χ1) is 11.3. The van der Waals surface area contributed by atoms with Crippen LogP contribution in [0.4, 0.5) is 16.2 Å². The van der Waals surface area contributed by atoms with Crippen molar-refractivity contribution in [2.45, 2.75) is 13.0 Å². The lowest BCUT2D eigenvalue weighted by atomic mass is 10.1. The molecule has 0 aliphatic rings. The fraction of sp³-hybridized carbons (Fsp3) is 0.176. The number of benzene rings is 1. The number of halogens is 1. The SMILES string of the molecule is Fc1ccccc1CCNc1ccnc(NCc2ccco2)n1. The second kappa shape index (κ2) is 7.40. The summed E-state index contributed by atoms with van der Waals surface area (Å²) in [6.45, 7) is 1.11. The van der Waals surface area contributed by atoms with Crippen LogP contribution in [-0.2, 0) is 13.0 Å². The average Bonchev–Trinajstić information content (AvgIpc) is 3.09. The minimum atomic E-state index is -0.183. The van der Waals surface area contributed by atoms with Crippen molar-refractivity contribution >= 4 is 11.8 Å². The quantitative estimate of drug-likeness (QED) is 0.699. The third kappa shape index (κ3) is 4.29. The van der Waals surface area contributed by atoms with E-state index in [-0.39, 0.29) is 5.82 Å². The highest BCUT2D eigenvalue weighted by atomic mass is 19.1. The topological polar surface area (TPSA) is 63.0 Å². The van der Waals surface area contributed by atoms with Gasteiger partial charge in [0.1, 0.15) is 17.4 Å². The lowest BCUT2D eigenvalue weighted by Gasteiger charge is -2.08. The minimum Gasteiger partial charge on any atom is -0.467 e. The Morgan fingerprint density at radius 2 is 1.96 bits per heavy atom. The molecular weight excluding hydrogens is 295 g/mol. The summed E-state index contributed by atoms with van der Waals surface area (Å²) in [5.74, 6) is 1.83. The third-order valence-corrected chi connectivity index (χ3v) is 3.31. The van der Waals surface area contributed by atoms with Crippen LogP contribution in [0, 0.1) is 5.82 Å². The molecule has 2 aromatic heterocycles. The molecule has 0 radical (unpaired) electrons. The van der Waals surface area contributed by atoms with Crippen LogP contribution in [0.1, 0.15) is 11.3 Å². The summed E-state index contributed by atoms with van der Waals surface area (Å²) >= 11 is 0. The van der Waals surface area contributed by atoms with E-state index in [0.29, 0.717) is 36.8 Å². The van der Waals surface area contributed by atoms with Crippen molar-refractivity contribution in [2.24, 2.45) is 0 Å². The molecule has 0 atom stereocenters. The number of nitrogens with zero attached hydrogens (tertiary/aromatic N) is 2. The van der Waals surface area contributed by atoms with Gasteiger partial charge in [0, 0.05) is 12.7 Å². The Hall–Kier alpha value is -2.89. The van der Waals surface area contributed by atoms with Gasteiger partial charge in [0.25, 0.3) is 0 Å². The zero-order valence-corrected chi connectivity index (χ0v) is 12.5. The Bertz CT molecular complexity index is 746. The molecule has 0 fully saturated rings. The van der Waals surface area contributed by atoms with Gasteiger partial charge in [0.15, 0.2) is 0 Å². The first kappa shape index (κ1) is 15.0. The van der Waals surface area contributed by atoms with Crippen LogP contribution in [0.2, 0.25) is 0 Å². The Kier molecular flexibility index (Phi) is 4.83. The van der Waals surface area contributed by atoms with E-state index in [0.717, 1.165) is 5.76 Å². The van der Waals surface area contributed by atoms with E-state index >= 15 is 0 Å². The smallest absolute Gasteiger partial charge is 0.224 e. The molecule has 5 nitrogen and oxygen atoms in total. The normalized spacial score (nSPS) is 10.5. The van der Waals surface area contributed by atoms with Gasteiger partial charge in [-0.1, -0.05) is 18.2 Å². The van der Waals surface area contributed by atoms with Crippen LogP contribution in [0.5, 0.6) is 0 Å². The predicted octanol–water partition coefficient (Wildman–Crippen LogP) is 3.48. The highest BCUT2D eigenvalue weighted by Gasteiger charge is 2.03. The van der Waals surface area contributed by atoms with Crippen molar-refractivity contribution < 1.29 is 8.81 Å². The molecule has 118 valence electrons. The van der Waals surface area contributed by atoms with E-state index < -0.39 is 0 Å². The molecule has 23 heavy (non-hydrogen) atoms. The van der Waals surface area contributed by atoms with Gasteiger partial charge >= 0.3 is 0 Å². The zero-order valence-electron chi connectivity index (χ0n) is 12.5. The first-order valence-electron chi connectivity index (χ1n) is 7.38. The second-order valence-corrected chi connectivity index (χ2v) is 4.97. The van der Waals surface area contributed by atoms with Crippen LogP contribution in [0.25, 0.3) is 0 Å². The lowest BCUT2D eigenvalue weighted by molar-refractivity contribution is 0.517. The summed E-state index contributed by atoms with van der Waals surface area (Å²) in [7, 11) is 0. The summed E-state index contributed by atoms with van der Waals surface area (Å²) in [6, 6.07) is 12.3. The Labute approximate surface area is 133 Å². The van der Waals surface area contributed by atoms with E-state index in [1.54, 1.807) is 30.7 Å². The maximum atomic E-state index is 13.5. The number of nitrogens with one attached hydrogen (secondary N) is 2. The van der Waals surface area contributed by atoms with Gasteiger partial charge < -0.3 is 15.1 Å². The lowest BCUT2D eigenvalue weighted by Crippen LogP contribution is -2.09. The van der Waals surface area contributed by atoms with E-state index in [1.165, 1.54) is 6.07 Å². The van der Waals surface area contributed by atoms with E-state index in [9.17, 15) is 4.39 Å². The molecule has 0 amide bonds. The predicted molar refractivity (Wildman–Crippen MR) is 86.7 cm³/mol. The molecule has 0 aliphatic carbocycles.